The molecule has 0 radical (unpaired) electrons. The molecule has 14 heavy (non-hydrogen) atoms. The van der Waals surface area contributed by atoms with Crippen LogP contribution in [0, 0.1) is 11.3 Å². The second kappa shape index (κ2) is 5.49. The average Bonchev–Trinajstić information content (AvgIpc) is 2.25. The van der Waals surface area contributed by atoms with E-state index in [0.717, 1.165) is 5.56 Å². The molecule has 0 bridgehead atoms. The summed E-state index contributed by atoms with van der Waals surface area (Å²) < 4.78 is 0. The Morgan fingerprint density at radius 2 is 2.57 bits per heavy atom. The van der Waals surface area contributed by atoms with Gasteiger partial charge < -0.3 is 4.84 Å². The van der Waals surface area contributed by atoms with E-state index in [1.807, 2.05) is 12.1 Å². The molecule has 0 atom stereocenters. The highest BCUT2D eigenvalue weighted by atomic mass is 16.6. The molecule has 0 aromatic carbocycles. The van der Waals surface area contributed by atoms with E-state index >= 15 is 0 Å². The van der Waals surface area contributed by atoms with Crippen molar-refractivity contribution in [2.24, 2.45) is 5.16 Å². The Balaban J connectivity index is 2.86. The molecule has 0 fully saturated rings. The summed E-state index contributed by atoms with van der Waals surface area (Å²) in [4.78, 5) is 8.40. The zero-order valence-corrected chi connectivity index (χ0v) is 7.71. The topological polar surface area (TPSA) is 58.3 Å². The van der Waals surface area contributed by atoms with E-state index in [1.165, 1.54) is 13.3 Å². The number of nitrogens with zero attached hydrogens (tertiary/aromatic N) is 3. The number of hydrogen-bond acceptors (Lipinski definition) is 4. The molecule has 1 rings (SSSR count). The molecule has 0 unspecified atom stereocenters. The van der Waals surface area contributed by atoms with Crippen LogP contribution in [0.5, 0.6) is 0 Å². The van der Waals surface area contributed by atoms with Crippen molar-refractivity contribution >= 4 is 12.3 Å². The lowest BCUT2D eigenvalue weighted by Gasteiger charge is -1.91. The van der Waals surface area contributed by atoms with Gasteiger partial charge in [-0.3, -0.25) is 4.98 Å². The Labute approximate surface area is 82.1 Å². The largest absolute Gasteiger partial charge is 0.399 e. The molecule has 1 aromatic heterocycles. The summed E-state index contributed by atoms with van der Waals surface area (Å²) in [5.74, 6) is 0. The summed E-state index contributed by atoms with van der Waals surface area (Å²) >= 11 is 0. The molecule has 0 aliphatic heterocycles. The Morgan fingerprint density at radius 1 is 1.71 bits per heavy atom. The molecule has 4 heteroatoms. The van der Waals surface area contributed by atoms with E-state index in [-0.39, 0.29) is 0 Å². The third-order valence-electron chi connectivity index (χ3n) is 1.43. The van der Waals surface area contributed by atoms with Gasteiger partial charge in [-0.2, -0.15) is 5.26 Å². The second-order valence-corrected chi connectivity index (χ2v) is 2.41. The first-order valence-electron chi connectivity index (χ1n) is 3.95. The number of hydrogen-bond donors (Lipinski definition) is 0. The van der Waals surface area contributed by atoms with Gasteiger partial charge in [-0.1, -0.05) is 11.2 Å². The molecule has 0 amide bonds. The van der Waals surface area contributed by atoms with Crippen molar-refractivity contribution in [2.75, 3.05) is 7.11 Å². The summed E-state index contributed by atoms with van der Waals surface area (Å²) in [6.45, 7) is 0. The molecule has 1 heterocycles. The molecule has 0 aliphatic carbocycles. The van der Waals surface area contributed by atoms with Gasteiger partial charge >= 0.3 is 0 Å². The van der Waals surface area contributed by atoms with Gasteiger partial charge in [-0.05, 0) is 17.7 Å². The normalized spacial score (nSPS) is 11.3. The van der Waals surface area contributed by atoms with Crippen molar-refractivity contribution < 1.29 is 4.84 Å². The van der Waals surface area contributed by atoms with Crippen molar-refractivity contribution in [1.82, 2.24) is 4.98 Å². The van der Waals surface area contributed by atoms with Gasteiger partial charge in [0.2, 0.25) is 0 Å². The van der Waals surface area contributed by atoms with Gasteiger partial charge in [0, 0.05) is 12.4 Å². The fraction of sp³-hybridized carbons (Fsp3) is 0.100. The van der Waals surface area contributed by atoms with Crippen molar-refractivity contribution in [3.63, 3.8) is 0 Å². The highest BCUT2D eigenvalue weighted by Gasteiger charge is 1.91. The van der Waals surface area contributed by atoms with Crippen LogP contribution < -0.4 is 0 Å². The van der Waals surface area contributed by atoms with Gasteiger partial charge in [0.15, 0.2) is 0 Å². The minimum Gasteiger partial charge on any atom is -0.399 e. The first-order valence-corrected chi connectivity index (χ1v) is 3.95. The summed E-state index contributed by atoms with van der Waals surface area (Å²) in [7, 11) is 1.43. The highest BCUT2D eigenvalue weighted by Crippen LogP contribution is 2.02. The van der Waals surface area contributed by atoms with Crippen molar-refractivity contribution in [2.45, 2.75) is 0 Å². The van der Waals surface area contributed by atoms with Crippen molar-refractivity contribution in [1.29, 1.82) is 5.26 Å². The number of rotatable bonds is 3. The number of oxime groups is 1. The molecule has 0 N–H and O–H groups in total. The lowest BCUT2D eigenvalue weighted by Crippen LogP contribution is -1.83. The number of pyridine rings is 1. The fourth-order valence-electron chi connectivity index (χ4n) is 0.849. The standard InChI is InChI=1S/C10H9N3O/c1-14-13-8-10(6-11)5-9-3-2-4-12-7-9/h2-5,7-8H,1H3/b10-5-,13-8+. The quantitative estimate of drug-likeness (QED) is 0.410. The molecule has 0 saturated heterocycles. The Morgan fingerprint density at radius 3 is 3.14 bits per heavy atom. The predicted molar refractivity (Wildman–Crippen MR) is 53.3 cm³/mol. The van der Waals surface area contributed by atoms with Crippen LogP contribution in [0.1, 0.15) is 5.56 Å². The molecule has 1 aromatic rings. The maximum atomic E-state index is 8.73. The van der Waals surface area contributed by atoms with E-state index in [0.29, 0.717) is 5.57 Å². The first-order chi connectivity index (χ1) is 6.86. The molecule has 0 spiro atoms. The average molecular weight is 187 g/mol. The number of aromatic nitrogens is 1. The summed E-state index contributed by atoms with van der Waals surface area (Å²) in [5, 5.41) is 12.2. The molecule has 0 saturated carbocycles. The molecule has 0 aliphatic rings. The number of allylic oxidation sites excluding steroid dienone is 1. The Bertz CT molecular complexity index is 376. The van der Waals surface area contributed by atoms with Crippen LogP contribution in [0.4, 0.5) is 0 Å². The lowest BCUT2D eigenvalue weighted by atomic mass is 10.2. The SMILES string of the molecule is CO/N=C/C(C#N)=C\c1cccnc1. The molecular weight excluding hydrogens is 178 g/mol. The van der Waals surface area contributed by atoms with E-state index in [2.05, 4.69) is 15.0 Å². The lowest BCUT2D eigenvalue weighted by molar-refractivity contribution is 0.215. The van der Waals surface area contributed by atoms with Gasteiger partial charge in [-0.15, -0.1) is 0 Å². The Hall–Kier alpha value is -2.15. The number of nitriles is 1. The third kappa shape index (κ3) is 3.07. The Kier molecular flexibility index (Phi) is 3.89. The molecular formula is C10H9N3O. The maximum Gasteiger partial charge on any atom is 0.106 e. The van der Waals surface area contributed by atoms with Gasteiger partial charge in [-0.25, -0.2) is 0 Å². The predicted octanol–water partition coefficient (Wildman–Crippen LogP) is 1.62. The van der Waals surface area contributed by atoms with E-state index in [9.17, 15) is 0 Å². The third-order valence-corrected chi connectivity index (χ3v) is 1.43. The summed E-state index contributed by atoms with van der Waals surface area (Å²) in [6.07, 6.45) is 6.37. The van der Waals surface area contributed by atoms with Crippen LogP contribution >= 0.6 is 0 Å². The minimum absolute atomic E-state index is 0.417. The van der Waals surface area contributed by atoms with Gasteiger partial charge in [0.05, 0.1) is 11.8 Å². The van der Waals surface area contributed by atoms with E-state index < -0.39 is 0 Å². The van der Waals surface area contributed by atoms with Crippen LogP contribution in [0.15, 0.2) is 35.3 Å². The second-order valence-electron chi connectivity index (χ2n) is 2.41. The fourth-order valence-corrected chi connectivity index (χ4v) is 0.849. The minimum atomic E-state index is 0.417. The van der Waals surface area contributed by atoms with Crippen LogP contribution in [0.25, 0.3) is 6.08 Å². The van der Waals surface area contributed by atoms with Gasteiger partial charge in [0.1, 0.15) is 13.2 Å². The van der Waals surface area contributed by atoms with Crippen molar-refractivity contribution in [3.8, 4) is 6.07 Å². The van der Waals surface area contributed by atoms with Crippen LogP contribution in [-0.2, 0) is 4.84 Å². The summed E-state index contributed by atoms with van der Waals surface area (Å²) in [6, 6.07) is 5.64. The van der Waals surface area contributed by atoms with Crippen LogP contribution in [-0.4, -0.2) is 18.3 Å². The smallest absolute Gasteiger partial charge is 0.106 e. The zero-order chi connectivity index (χ0) is 10.2. The van der Waals surface area contributed by atoms with Crippen LogP contribution in [0.2, 0.25) is 0 Å². The molecule has 4 nitrogen and oxygen atoms in total. The van der Waals surface area contributed by atoms with E-state index in [1.54, 1.807) is 24.5 Å². The van der Waals surface area contributed by atoms with Crippen LogP contribution in [0.3, 0.4) is 0 Å². The zero-order valence-electron chi connectivity index (χ0n) is 7.71. The maximum absolute atomic E-state index is 8.73. The van der Waals surface area contributed by atoms with Crippen molar-refractivity contribution in [3.05, 3.63) is 35.7 Å². The van der Waals surface area contributed by atoms with E-state index in [4.69, 9.17) is 5.26 Å². The highest BCUT2D eigenvalue weighted by molar-refractivity contribution is 5.89. The van der Waals surface area contributed by atoms with Gasteiger partial charge in [0.25, 0.3) is 0 Å². The summed E-state index contributed by atoms with van der Waals surface area (Å²) in [5.41, 5.74) is 1.27. The monoisotopic (exact) mass is 187 g/mol. The first kappa shape index (κ1) is 9.93. The molecule has 70 valence electrons.